The van der Waals surface area contributed by atoms with Crippen molar-refractivity contribution in [3.05, 3.63) is 52.8 Å². The molecule has 160 valence electrons. The number of amides is 1. The summed E-state index contributed by atoms with van der Waals surface area (Å²) in [7, 11) is 1.63. The number of carboxylic acid groups (broad SMARTS) is 1. The average Bonchev–Trinajstić information content (AvgIpc) is 3.09. The van der Waals surface area contributed by atoms with Crippen LogP contribution in [0.4, 0.5) is 0 Å². The molecule has 0 bridgehead atoms. The molecule has 7 heteroatoms. The van der Waals surface area contributed by atoms with Gasteiger partial charge in [-0.25, -0.2) is 4.79 Å². The molecule has 1 aliphatic carbocycles. The lowest BCUT2D eigenvalue weighted by molar-refractivity contribution is -0.153. The van der Waals surface area contributed by atoms with Crippen LogP contribution in [0.15, 0.2) is 30.3 Å². The highest BCUT2D eigenvalue weighted by atomic mass is 16.5. The zero-order chi connectivity index (χ0) is 21.1. The Morgan fingerprint density at radius 3 is 2.63 bits per heavy atom. The van der Waals surface area contributed by atoms with Crippen LogP contribution in [-0.4, -0.2) is 51.9 Å². The molecule has 1 saturated carbocycles. The Morgan fingerprint density at radius 2 is 2.00 bits per heavy atom. The standard InChI is InChI=1S/C23H29N3O4/c1-30-16-23(11-6-12-23)22(29)25-14-10-19-18(15-25)20(21(27)28)24-26(19)13-5-9-17-7-3-2-4-8-17/h2-4,7-8H,5-6,9-16H2,1H3,(H,27,28). The van der Waals surface area contributed by atoms with E-state index in [2.05, 4.69) is 17.2 Å². The van der Waals surface area contributed by atoms with Crippen LogP contribution in [0.25, 0.3) is 0 Å². The monoisotopic (exact) mass is 411 g/mol. The van der Waals surface area contributed by atoms with E-state index in [1.807, 2.05) is 27.8 Å². The molecule has 0 atom stereocenters. The lowest BCUT2D eigenvalue weighted by atomic mass is 9.68. The molecule has 1 amide bonds. The maximum Gasteiger partial charge on any atom is 0.356 e. The van der Waals surface area contributed by atoms with Crippen molar-refractivity contribution in [1.82, 2.24) is 14.7 Å². The number of ether oxygens (including phenoxy) is 1. The molecule has 30 heavy (non-hydrogen) atoms. The van der Waals surface area contributed by atoms with Crippen molar-refractivity contribution < 1.29 is 19.4 Å². The van der Waals surface area contributed by atoms with Gasteiger partial charge >= 0.3 is 5.97 Å². The summed E-state index contributed by atoms with van der Waals surface area (Å²) in [6.07, 6.45) is 5.16. The van der Waals surface area contributed by atoms with E-state index in [1.165, 1.54) is 5.56 Å². The fourth-order valence-electron chi connectivity index (χ4n) is 4.73. The van der Waals surface area contributed by atoms with Gasteiger partial charge in [-0.1, -0.05) is 36.8 Å². The van der Waals surface area contributed by atoms with Crippen LogP contribution in [-0.2, 0) is 35.5 Å². The predicted octanol–water partition coefficient (Wildman–Crippen LogP) is 2.92. The lowest BCUT2D eigenvalue weighted by Crippen LogP contribution is -2.51. The molecular formula is C23H29N3O4. The first-order valence-corrected chi connectivity index (χ1v) is 10.7. The van der Waals surface area contributed by atoms with Crippen LogP contribution in [0.1, 0.15) is 53.0 Å². The van der Waals surface area contributed by atoms with E-state index in [0.717, 1.165) is 37.8 Å². The molecule has 1 N–H and O–H groups in total. The molecule has 1 aliphatic heterocycles. The first-order valence-electron chi connectivity index (χ1n) is 10.7. The van der Waals surface area contributed by atoms with Crippen LogP contribution in [0, 0.1) is 5.41 Å². The molecule has 0 spiro atoms. The molecule has 0 radical (unpaired) electrons. The number of nitrogens with zero attached hydrogens (tertiary/aromatic N) is 3. The Balaban J connectivity index is 1.49. The number of hydrogen-bond donors (Lipinski definition) is 1. The second-order valence-corrected chi connectivity index (χ2v) is 8.43. The van der Waals surface area contributed by atoms with E-state index < -0.39 is 11.4 Å². The Kier molecular flexibility index (Phi) is 5.90. The third-order valence-corrected chi connectivity index (χ3v) is 6.49. The third-order valence-electron chi connectivity index (χ3n) is 6.49. The maximum absolute atomic E-state index is 13.2. The number of aromatic nitrogens is 2. The van der Waals surface area contributed by atoms with E-state index in [9.17, 15) is 14.7 Å². The summed E-state index contributed by atoms with van der Waals surface area (Å²) in [5, 5.41) is 14.1. The highest BCUT2D eigenvalue weighted by molar-refractivity contribution is 5.88. The van der Waals surface area contributed by atoms with Crippen LogP contribution in [0.2, 0.25) is 0 Å². The summed E-state index contributed by atoms with van der Waals surface area (Å²) in [6.45, 7) is 2.02. The van der Waals surface area contributed by atoms with Gasteiger partial charge in [-0.15, -0.1) is 0 Å². The minimum absolute atomic E-state index is 0.0802. The Hall–Kier alpha value is -2.67. The number of hydrogen-bond acceptors (Lipinski definition) is 4. The molecule has 2 heterocycles. The minimum atomic E-state index is -1.03. The van der Waals surface area contributed by atoms with Gasteiger partial charge in [0.15, 0.2) is 5.69 Å². The van der Waals surface area contributed by atoms with Gasteiger partial charge in [0.1, 0.15) is 0 Å². The summed E-state index contributed by atoms with van der Waals surface area (Å²) >= 11 is 0. The number of benzene rings is 1. The maximum atomic E-state index is 13.2. The molecule has 4 rings (SSSR count). The van der Waals surface area contributed by atoms with E-state index in [4.69, 9.17) is 4.74 Å². The lowest BCUT2D eigenvalue weighted by Gasteiger charge is -2.44. The van der Waals surface area contributed by atoms with E-state index in [1.54, 1.807) is 7.11 Å². The number of carbonyl (C=O) groups excluding carboxylic acids is 1. The van der Waals surface area contributed by atoms with Crippen molar-refractivity contribution in [1.29, 1.82) is 0 Å². The Morgan fingerprint density at radius 1 is 1.23 bits per heavy atom. The molecule has 2 aromatic rings. The van der Waals surface area contributed by atoms with Gasteiger partial charge in [0.2, 0.25) is 5.91 Å². The summed E-state index contributed by atoms with van der Waals surface area (Å²) in [5.74, 6) is -0.938. The highest BCUT2D eigenvalue weighted by Crippen LogP contribution is 2.43. The molecule has 7 nitrogen and oxygen atoms in total. The van der Waals surface area contributed by atoms with Crippen LogP contribution < -0.4 is 0 Å². The van der Waals surface area contributed by atoms with Gasteiger partial charge in [-0.05, 0) is 31.2 Å². The first-order chi connectivity index (χ1) is 14.5. The van der Waals surface area contributed by atoms with Crippen molar-refractivity contribution in [3.8, 4) is 0 Å². The van der Waals surface area contributed by atoms with E-state index in [0.29, 0.717) is 38.2 Å². The van der Waals surface area contributed by atoms with Crippen LogP contribution >= 0.6 is 0 Å². The minimum Gasteiger partial charge on any atom is -0.476 e. The normalized spacial score (nSPS) is 17.3. The summed E-state index contributed by atoms with van der Waals surface area (Å²) in [6, 6.07) is 10.2. The number of rotatable bonds is 8. The number of carbonyl (C=O) groups is 2. The van der Waals surface area contributed by atoms with Crippen molar-refractivity contribution in [2.24, 2.45) is 5.41 Å². The topological polar surface area (TPSA) is 84.7 Å². The number of aryl methyl sites for hydroxylation is 2. The SMILES string of the molecule is COCC1(C(=O)N2CCc3c(c(C(=O)O)nn3CCCc3ccccc3)C2)CCC1. The van der Waals surface area contributed by atoms with Crippen LogP contribution in [0.3, 0.4) is 0 Å². The second kappa shape index (κ2) is 8.60. The van der Waals surface area contributed by atoms with Crippen LogP contribution in [0.5, 0.6) is 0 Å². The number of aromatic carboxylic acids is 1. The number of methoxy groups -OCH3 is 1. The molecular weight excluding hydrogens is 382 g/mol. The Bertz CT molecular complexity index is 918. The highest BCUT2D eigenvalue weighted by Gasteiger charge is 2.47. The van der Waals surface area contributed by atoms with Crippen molar-refractivity contribution >= 4 is 11.9 Å². The van der Waals surface area contributed by atoms with E-state index >= 15 is 0 Å². The average molecular weight is 412 g/mol. The number of fused-ring (bicyclic) bond motifs is 1. The van der Waals surface area contributed by atoms with Gasteiger partial charge in [0.05, 0.1) is 12.0 Å². The summed E-state index contributed by atoms with van der Waals surface area (Å²) in [4.78, 5) is 26.8. The smallest absolute Gasteiger partial charge is 0.356 e. The molecule has 0 unspecified atom stereocenters. The molecule has 2 aliphatic rings. The van der Waals surface area contributed by atoms with Gasteiger partial charge in [-0.3, -0.25) is 9.48 Å². The third kappa shape index (κ3) is 3.86. The second-order valence-electron chi connectivity index (χ2n) is 8.43. The fourth-order valence-corrected chi connectivity index (χ4v) is 4.73. The van der Waals surface area contributed by atoms with Crippen molar-refractivity contribution in [3.63, 3.8) is 0 Å². The summed E-state index contributed by atoms with van der Waals surface area (Å²) in [5.41, 5.74) is 2.56. The quantitative estimate of drug-likeness (QED) is 0.722. The first kappa shape index (κ1) is 20.6. The van der Waals surface area contributed by atoms with Gasteiger partial charge in [-0.2, -0.15) is 5.10 Å². The number of carboxylic acids is 1. The van der Waals surface area contributed by atoms with Gasteiger partial charge < -0.3 is 14.7 Å². The van der Waals surface area contributed by atoms with Gasteiger partial charge in [0.25, 0.3) is 0 Å². The summed E-state index contributed by atoms with van der Waals surface area (Å²) < 4.78 is 7.16. The fraction of sp³-hybridized carbons (Fsp3) is 0.522. The predicted molar refractivity (Wildman–Crippen MR) is 111 cm³/mol. The zero-order valence-corrected chi connectivity index (χ0v) is 17.5. The molecule has 1 fully saturated rings. The zero-order valence-electron chi connectivity index (χ0n) is 17.5. The Labute approximate surface area is 176 Å². The van der Waals surface area contributed by atoms with Crippen molar-refractivity contribution in [2.45, 2.75) is 51.6 Å². The van der Waals surface area contributed by atoms with Gasteiger partial charge in [0, 0.05) is 44.4 Å². The molecule has 1 aromatic carbocycles. The van der Waals surface area contributed by atoms with E-state index in [-0.39, 0.29) is 11.6 Å². The van der Waals surface area contributed by atoms with Crippen molar-refractivity contribution in [2.75, 3.05) is 20.3 Å². The molecule has 1 aromatic heterocycles. The molecule has 0 saturated heterocycles. The largest absolute Gasteiger partial charge is 0.476 e.